The van der Waals surface area contributed by atoms with Gasteiger partial charge < -0.3 is 4.84 Å². The summed E-state index contributed by atoms with van der Waals surface area (Å²) in [6.07, 6.45) is 5.12. The van der Waals surface area contributed by atoms with E-state index >= 15 is 0 Å². The van der Waals surface area contributed by atoms with Gasteiger partial charge in [-0.1, -0.05) is 18.2 Å². The number of fused-ring (bicyclic) bond motifs is 1. The summed E-state index contributed by atoms with van der Waals surface area (Å²) in [5.41, 5.74) is 3.80. The molecule has 0 aliphatic carbocycles. The van der Waals surface area contributed by atoms with Gasteiger partial charge in [-0.05, 0) is 11.3 Å². The molecule has 1 aliphatic heterocycles. The summed E-state index contributed by atoms with van der Waals surface area (Å²) >= 11 is 0. The van der Waals surface area contributed by atoms with Crippen LogP contribution in [0.15, 0.2) is 42.9 Å². The van der Waals surface area contributed by atoms with Gasteiger partial charge in [0.1, 0.15) is 6.26 Å². The molecule has 0 amide bonds. The van der Waals surface area contributed by atoms with Crippen LogP contribution in [-0.2, 0) is 4.84 Å². The summed E-state index contributed by atoms with van der Waals surface area (Å²) in [7, 11) is 0. The Morgan fingerprint density at radius 1 is 1.29 bits per heavy atom. The molecule has 0 spiro atoms. The molecule has 3 rings (SSSR count). The summed E-state index contributed by atoms with van der Waals surface area (Å²) in [6.45, 7) is 0. The van der Waals surface area contributed by atoms with Gasteiger partial charge in [0.25, 0.3) is 0 Å². The molecule has 0 fully saturated rings. The van der Waals surface area contributed by atoms with Crippen LogP contribution < -0.4 is 10.7 Å². The summed E-state index contributed by atoms with van der Waals surface area (Å²) in [5.74, 6) is 0. The minimum absolute atomic E-state index is 0.935. The van der Waals surface area contributed by atoms with Crippen LogP contribution in [0.25, 0.3) is 10.9 Å². The predicted octanol–water partition coefficient (Wildman–Crippen LogP) is 0.895. The van der Waals surface area contributed by atoms with Crippen LogP contribution in [0.3, 0.4) is 0 Å². The van der Waals surface area contributed by atoms with Crippen molar-refractivity contribution in [2.75, 3.05) is 5.28 Å². The van der Waals surface area contributed by atoms with Gasteiger partial charge in [-0.15, -0.1) is 9.89 Å². The number of hydrazine groups is 1. The van der Waals surface area contributed by atoms with Crippen molar-refractivity contribution in [2.24, 2.45) is 0 Å². The highest BCUT2D eigenvalue weighted by atomic mass is 16.8. The molecule has 0 saturated carbocycles. The molecular formula is C9H8N4O. The third-order valence-corrected chi connectivity index (χ3v) is 2.00. The second-order valence-electron chi connectivity index (χ2n) is 2.92. The van der Waals surface area contributed by atoms with E-state index in [0.717, 1.165) is 10.9 Å². The molecule has 5 heteroatoms. The van der Waals surface area contributed by atoms with Crippen LogP contribution in [0.1, 0.15) is 0 Å². The second-order valence-corrected chi connectivity index (χ2v) is 2.92. The first-order valence-corrected chi connectivity index (χ1v) is 4.26. The Hall–Kier alpha value is -2.17. The summed E-state index contributed by atoms with van der Waals surface area (Å²) in [5, 5.41) is 6.81. The van der Waals surface area contributed by atoms with Gasteiger partial charge in [-0.2, -0.15) is 0 Å². The van der Waals surface area contributed by atoms with Gasteiger partial charge >= 0.3 is 0 Å². The molecular weight excluding hydrogens is 180 g/mol. The molecule has 2 heterocycles. The molecule has 70 valence electrons. The maximum atomic E-state index is 5.11. The Balaban J connectivity index is 2.05. The van der Waals surface area contributed by atoms with Crippen molar-refractivity contribution in [1.82, 2.24) is 15.3 Å². The predicted molar refractivity (Wildman–Crippen MR) is 51.3 cm³/mol. The molecule has 0 saturated heterocycles. The van der Waals surface area contributed by atoms with E-state index in [-0.39, 0.29) is 0 Å². The molecule has 0 radical (unpaired) electrons. The highest BCUT2D eigenvalue weighted by Crippen LogP contribution is 2.11. The molecule has 14 heavy (non-hydrogen) atoms. The molecule has 1 N–H and O–H groups in total. The first-order valence-electron chi connectivity index (χ1n) is 4.26. The number of rotatable bonds is 1. The number of aromatic nitrogens is 2. The Labute approximate surface area is 80.1 Å². The van der Waals surface area contributed by atoms with E-state index in [0.29, 0.717) is 0 Å². The fourth-order valence-corrected chi connectivity index (χ4v) is 1.36. The van der Waals surface area contributed by atoms with E-state index in [2.05, 4.69) is 10.5 Å². The van der Waals surface area contributed by atoms with Crippen LogP contribution >= 0.6 is 0 Å². The lowest BCUT2D eigenvalue weighted by Crippen LogP contribution is -2.39. The molecule has 2 aromatic rings. The van der Waals surface area contributed by atoms with Crippen molar-refractivity contribution >= 4 is 10.9 Å². The molecule has 0 bridgehead atoms. The Kier molecular flexibility index (Phi) is 1.38. The fraction of sp³-hybridized carbons (Fsp3) is 0. The first-order chi connectivity index (χ1) is 6.93. The summed E-state index contributed by atoms with van der Waals surface area (Å²) in [4.78, 5) is 6.71. The lowest BCUT2D eigenvalue weighted by molar-refractivity contribution is 0.133. The average molecular weight is 188 g/mol. The van der Waals surface area contributed by atoms with Crippen molar-refractivity contribution in [3.05, 3.63) is 42.9 Å². The number of benzene rings is 1. The van der Waals surface area contributed by atoms with Crippen LogP contribution in [0, 0.1) is 0 Å². The quantitative estimate of drug-likeness (QED) is 0.721. The van der Waals surface area contributed by atoms with Crippen molar-refractivity contribution in [1.29, 1.82) is 0 Å². The van der Waals surface area contributed by atoms with Crippen molar-refractivity contribution in [3.63, 3.8) is 0 Å². The number of nitrogens with zero attached hydrogens (tertiary/aromatic N) is 3. The number of hydrogen-bond donors (Lipinski definition) is 1. The maximum absolute atomic E-state index is 5.11. The van der Waals surface area contributed by atoms with Gasteiger partial charge in [0.05, 0.1) is 17.9 Å². The van der Waals surface area contributed by atoms with Crippen LogP contribution in [-0.4, -0.2) is 9.89 Å². The largest absolute Gasteiger partial charge is 0.349 e. The van der Waals surface area contributed by atoms with E-state index in [1.807, 2.05) is 30.5 Å². The van der Waals surface area contributed by atoms with Crippen molar-refractivity contribution < 1.29 is 4.84 Å². The molecule has 1 aliphatic rings. The lowest BCUT2D eigenvalue weighted by Gasteiger charge is -2.14. The van der Waals surface area contributed by atoms with E-state index in [9.17, 15) is 0 Å². The molecule has 1 aromatic carbocycles. The van der Waals surface area contributed by atoms with E-state index in [1.165, 1.54) is 5.28 Å². The molecule has 0 atom stereocenters. The minimum atomic E-state index is 0.935. The maximum Gasteiger partial charge on any atom is 0.141 e. The third-order valence-electron chi connectivity index (χ3n) is 2.00. The second kappa shape index (κ2) is 2.66. The zero-order valence-corrected chi connectivity index (χ0v) is 7.29. The van der Waals surface area contributed by atoms with Gasteiger partial charge in [0.2, 0.25) is 0 Å². The molecule has 1 aromatic heterocycles. The van der Waals surface area contributed by atoms with E-state index in [4.69, 9.17) is 4.84 Å². The Morgan fingerprint density at radius 3 is 3.00 bits per heavy atom. The zero-order valence-electron chi connectivity index (χ0n) is 7.29. The molecule has 5 nitrogen and oxygen atoms in total. The van der Waals surface area contributed by atoms with Crippen molar-refractivity contribution in [3.8, 4) is 0 Å². The number of nitrogens with one attached hydrogen (secondary N) is 1. The summed E-state index contributed by atoms with van der Waals surface area (Å²) in [6, 6.07) is 7.89. The standard InChI is InChI=1S/C9H8N4O/c1-2-4-9-8(3-1)7-12(11-9)13-10-5-6-14-13/h1-7,10H. The Morgan fingerprint density at radius 2 is 2.21 bits per heavy atom. The first kappa shape index (κ1) is 7.25. The van der Waals surface area contributed by atoms with Gasteiger partial charge in [-0.25, -0.2) is 0 Å². The van der Waals surface area contributed by atoms with Crippen LogP contribution in [0.5, 0.6) is 0 Å². The van der Waals surface area contributed by atoms with Crippen molar-refractivity contribution in [2.45, 2.75) is 0 Å². The van der Waals surface area contributed by atoms with Crippen LogP contribution in [0.2, 0.25) is 0 Å². The molecule has 0 unspecified atom stereocenters. The zero-order chi connectivity index (χ0) is 9.38. The van der Waals surface area contributed by atoms with E-state index < -0.39 is 0 Å². The SMILES string of the molecule is C1=CON(n2cc3ccccc3n2)N1. The smallest absolute Gasteiger partial charge is 0.141 e. The highest BCUT2D eigenvalue weighted by Gasteiger charge is 2.09. The monoisotopic (exact) mass is 188 g/mol. The van der Waals surface area contributed by atoms with E-state index in [1.54, 1.807) is 17.3 Å². The third kappa shape index (κ3) is 0.990. The van der Waals surface area contributed by atoms with Gasteiger partial charge in [0, 0.05) is 5.39 Å². The van der Waals surface area contributed by atoms with Gasteiger partial charge in [-0.3, -0.25) is 5.43 Å². The van der Waals surface area contributed by atoms with Gasteiger partial charge in [0.15, 0.2) is 0 Å². The fourth-order valence-electron chi connectivity index (χ4n) is 1.36. The number of hydrogen-bond acceptors (Lipinski definition) is 4. The average Bonchev–Trinajstić information content (AvgIpc) is 2.86. The lowest BCUT2D eigenvalue weighted by atomic mass is 10.3. The minimum Gasteiger partial charge on any atom is -0.349 e. The summed E-state index contributed by atoms with van der Waals surface area (Å²) < 4.78 is 0. The van der Waals surface area contributed by atoms with Crippen LogP contribution in [0.4, 0.5) is 0 Å². The highest BCUT2D eigenvalue weighted by molar-refractivity contribution is 5.77. The topological polar surface area (TPSA) is 42.3 Å². The normalized spacial score (nSPS) is 14.4. The Bertz CT molecular complexity index is 449.